The minimum atomic E-state index is -4.29. The van der Waals surface area contributed by atoms with E-state index < -0.39 is 143 Å². The first-order chi connectivity index (χ1) is 40.2. The van der Waals surface area contributed by atoms with Crippen LogP contribution in [0.5, 0.6) is 0 Å². The van der Waals surface area contributed by atoms with Gasteiger partial charge >= 0.3 is 28.0 Å². The van der Waals surface area contributed by atoms with Crippen LogP contribution in [-0.4, -0.2) is 155 Å². The molecule has 7 heterocycles. The van der Waals surface area contributed by atoms with Gasteiger partial charge in [0.25, 0.3) is 11.5 Å². The number of rotatable bonds is 14. The number of aromatic nitrogens is 7. The maximum absolute atomic E-state index is 16.8. The van der Waals surface area contributed by atoms with E-state index >= 15 is 8.78 Å². The third-order valence-electron chi connectivity index (χ3n) is 13.6. The summed E-state index contributed by atoms with van der Waals surface area (Å²) in [6.45, 7) is 9.51. The van der Waals surface area contributed by atoms with Gasteiger partial charge in [-0.15, -0.1) is 9.05 Å². The molecule has 0 spiro atoms. The molecule has 3 aliphatic heterocycles. The van der Waals surface area contributed by atoms with E-state index in [4.69, 9.17) is 37.0 Å². The zero-order chi connectivity index (χ0) is 61.2. The van der Waals surface area contributed by atoms with E-state index in [1.165, 1.54) is 29.5 Å². The normalized spacial score (nSPS) is 24.7. The molecule has 0 aliphatic carbocycles. The largest absolute Gasteiger partial charge is 0.698 e. The quantitative estimate of drug-likeness (QED) is 0.0732. The maximum atomic E-state index is 16.8. The highest BCUT2D eigenvalue weighted by molar-refractivity contribution is 7.53. The third kappa shape index (κ3) is 14.2. The first-order valence-corrected chi connectivity index (χ1v) is 29.5. The Bertz CT molecular complexity index is 3620. The molecule has 6 aromatic rings. The summed E-state index contributed by atoms with van der Waals surface area (Å²) < 4.78 is 107. The molecule has 0 radical (unpaired) electrons. The molecule has 2 aromatic carbocycles. The number of anilines is 2. The lowest BCUT2D eigenvalue weighted by Crippen LogP contribution is -2.54. The Morgan fingerprint density at radius 3 is 2.39 bits per heavy atom. The highest BCUT2D eigenvalue weighted by Gasteiger charge is 2.55. The average Bonchev–Trinajstić information content (AvgIpc) is 2.16. The Labute approximate surface area is 483 Å². The van der Waals surface area contributed by atoms with Gasteiger partial charge in [-0.2, -0.15) is 0 Å². The smallest absolute Gasteiger partial charge is 0.445 e. The molecular formula is C52H61F2N12O17P2+. The molecule has 0 saturated carbocycles. The van der Waals surface area contributed by atoms with Crippen molar-refractivity contribution in [2.75, 3.05) is 37.6 Å². The van der Waals surface area contributed by atoms with Gasteiger partial charge in [-0.3, -0.25) is 37.4 Å². The molecule has 2 unspecified atom stereocenters. The molecule has 3 saturated heterocycles. The number of hydrogen-bond acceptors (Lipinski definition) is 21. The Kier molecular flexibility index (Phi) is 18.5. The SMILES string of the molecule is CC(C)[C@H](NC(=O)OC(C)(C)C)C(=O)N[C@@H](C)C(=O)Nc1ccc(COC(=O)N(C)Cc2ccccc2C(=O)Nc2ncnc3c2ncn3[C@@H]2O[C@@H]3CO[P+](=O)O[C@@H]4[C@H](O)[C@@H](COP(C)(=O)O[C@H]3[C@H]2F)O[C@H]4n2cc(F)c3c(=O)[nH]cnc32)cc1. The van der Waals surface area contributed by atoms with Crippen molar-refractivity contribution in [3.8, 4) is 0 Å². The number of nitrogens with one attached hydrogen (secondary N) is 5. The lowest BCUT2D eigenvalue weighted by Gasteiger charge is -2.26. The number of hydrogen-bond donors (Lipinski definition) is 6. The summed E-state index contributed by atoms with van der Waals surface area (Å²) in [6, 6.07) is 10.9. The second-order valence-corrected chi connectivity index (χ2v) is 24.4. The molecule has 3 aliphatic rings. The Morgan fingerprint density at radius 1 is 0.929 bits per heavy atom. The minimum Gasteiger partial charge on any atom is -0.445 e. The number of fused-ring (bicyclic) bond motifs is 5. The van der Waals surface area contributed by atoms with Crippen molar-refractivity contribution in [2.24, 2.45) is 5.92 Å². The number of aliphatic hydroxyl groups excluding tert-OH is 1. The van der Waals surface area contributed by atoms with Crippen molar-refractivity contribution in [1.29, 1.82) is 0 Å². The summed E-state index contributed by atoms with van der Waals surface area (Å²) >= 11 is 0. The van der Waals surface area contributed by atoms with Crippen LogP contribution < -0.4 is 26.8 Å². The van der Waals surface area contributed by atoms with Gasteiger partial charge in [-0.25, -0.2) is 38.3 Å². The number of carbonyl (C=O) groups excluding carboxylic acids is 5. The number of alkyl halides is 1. The summed E-state index contributed by atoms with van der Waals surface area (Å²) in [6.07, 6.45) is -10.4. The molecule has 5 amide bonds. The molecular weight excluding hydrogens is 1160 g/mol. The van der Waals surface area contributed by atoms with Crippen LogP contribution in [0.15, 0.2) is 78.5 Å². The van der Waals surface area contributed by atoms with Crippen LogP contribution in [0.2, 0.25) is 0 Å². The van der Waals surface area contributed by atoms with E-state index in [0.717, 1.165) is 36.4 Å². The fourth-order valence-corrected chi connectivity index (χ4v) is 11.3. The topological polar surface area (TPSA) is 359 Å². The van der Waals surface area contributed by atoms with Crippen molar-refractivity contribution in [3.05, 3.63) is 107 Å². The van der Waals surface area contributed by atoms with Gasteiger partial charge in [0.1, 0.15) is 67.0 Å². The van der Waals surface area contributed by atoms with Crippen LogP contribution >= 0.6 is 15.9 Å². The molecule has 12 atom stereocenters. The number of alkyl carbamates (subject to hydrolysis) is 1. The molecule has 33 heteroatoms. The first-order valence-electron chi connectivity index (χ1n) is 26.4. The summed E-state index contributed by atoms with van der Waals surface area (Å²) in [5.41, 5.74) is -0.311. The molecule has 4 aromatic heterocycles. The number of aliphatic hydroxyl groups is 1. The van der Waals surface area contributed by atoms with Gasteiger partial charge in [0.2, 0.25) is 11.8 Å². The van der Waals surface area contributed by atoms with Crippen LogP contribution in [0.1, 0.15) is 75.5 Å². The Balaban J connectivity index is 0.801. The van der Waals surface area contributed by atoms with E-state index in [1.54, 1.807) is 77.1 Å². The maximum Gasteiger partial charge on any atom is 0.698 e. The molecule has 29 nitrogen and oxygen atoms in total. The third-order valence-corrected chi connectivity index (χ3v) is 15.6. The van der Waals surface area contributed by atoms with Crippen molar-refractivity contribution in [2.45, 2.75) is 122 Å². The zero-order valence-electron chi connectivity index (χ0n) is 46.9. The second-order valence-electron chi connectivity index (χ2n) is 21.5. The number of halogens is 2. The van der Waals surface area contributed by atoms with Gasteiger partial charge in [-0.1, -0.05) is 44.2 Å². The van der Waals surface area contributed by atoms with Crippen molar-refractivity contribution in [3.63, 3.8) is 0 Å². The predicted octanol–water partition coefficient (Wildman–Crippen LogP) is 5.51. The minimum absolute atomic E-state index is 0.0105. The molecule has 3 fully saturated rings. The number of carbonyl (C=O) groups is 5. The van der Waals surface area contributed by atoms with Crippen LogP contribution in [-0.2, 0) is 68.9 Å². The van der Waals surface area contributed by atoms with E-state index in [9.17, 15) is 43.0 Å². The monoisotopic (exact) mass is 1230 g/mol. The Morgan fingerprint density at radius 2 is 1.66 bits per heavy atom. The van der Waals surface area contributed by atoms with Gasteiger partial charge in [0, 0.05) is 42.3 Å². The summed E-state index contributed by atoms with van der Waals surface area (Å²) in [5, 5.41) is 21.4. The van der Waals surface area contributed by atoms with Crippen LogP contribution in [0.4, 0.5) is 29.9 Å². The molecule has 85 heavy (non-hydrogen) atoms. The van der Waals surface area contributed by atoms with Gasteiger partial charge in [-0.05, 0) is 62.9 Å². The van der Waals surface area contributed by atoms with Crippen LogP contribution in [0.25, 0.3) is 22.2 Å². The van der Waals surface area contributed by atoms with Gasteiger partial charge in [0.15, 0.2) is 53.2 Å². The number of benzene rings is 2. The van der Waals surface area contributed by atoms with Crippen LogP contribution in [0, 0.1) is 11.7 Å². The molecule has 9 rings (SSSR count). The highest BCUT2D eigenvalue weighted by atomic mass is 31.2. The number of aromatic amines is 1. The number of ether oxygens (including phenoxy) is 4. The van der Waals surface area contributed by atoms with Crippen molar-refractivity contribution in [1.82, 2.24) is 49.6 Å². The zero-order valence-corrected chi connectivity index (χ0v) is 48.7. The van der Waals surface area contributed by atoms with E-state index in [2.05, 4.69) is 46.2 Å². The van der Waals surface area contributed by atoms with E-state index in [0.29, 0.717) is 16.8 Å². The average molecular weight is 1230 g/mol. The lowest BCUT2D eigenvalue weighted by atomic mass is 10.0. The van der Waals surface area contributed by atoms with Crippen molar-refractivity contribution < 1.29 is 84.0 Å². The lowest BCUT2D eigenvalue weighted by molar-refractivity contribution is -0.128. The predicted molar refractivity (Wildman–Crippen MR) is 294 cm³/mol. The molecule has 6 N–H and O–H groups in total. The standard InChI is InChI=1S/C52H60F2N12O17P2/c1-25(2)36(62-50(72)81-52(4,5)6)47(71)60-26(3)44(68)61-29-15-13-27(14-16-29)19-76-51(73)64(7)17-28-11-9-10-12-30(28)45(69)63-41-37-43(57-22-55-41)66(24-59-37)48-35(54)39-33(80-48)20-77-84(74)82-40-38(67)32(21-78-85(8,75)83-39)79-49(40)65-18-31(53)34-42(65)56-23-58-46(34)70/h9-16,18,22-26,32-33,35-36,38-40,48-49,67H,17,19-21H2,1-8H3,(H4-,55,56,57,58,60,61,62,63,68,69,70,71,72)/p+1/t26-,32+,33+,35+,36-,38+,39+,40+,48+,49+,85?/m0/s1. The number of H-pyrrole nitrogens is 1. The summed E-state index contributed by atoms with van der Waals surface area (Å²) in [4.78, 5) is 98.4. The highest BCUT2D eigenvalue weighted by Crippen LogP contribution is 2.52. The van der Waals surface area contributed by atoms with Gasteiger partial charge in [0.05, 0.1) is 19.3 Å². The van der Waals surface area contributed by atoms with E-state index in [-0.39, 0.29) is 47.3 Å². The fourth-order valence-electron chi connectivity index (χ4n) is 9.37. The Hall–Kier alpha value is -7.73. The number of imidazole rings is 1. The number of amides is 5. The van der Waals surface area contributed by atoms with Crippen molar-refractivity contribution >= 4 is 79.5 Å². The van der Waals surface area contributed by atoms with E-state index in [1.807, 2.05) is 0 Å². The molecule has 2 bridgehead atoms. The summed E-state index contributed by atoms with van der Waals surface area (Å²) in [5.74, 6) is -3.16. The first kappa shape index (κ1) is 61.8. The van der Waals surface area contributed by atoms with Crippen LogP contribution in [0.3, 0.4) is 0 Å². The second kappa shape index (κ2) is 25.5. The number of nitrogens with zero attached hydrogens (tertiary/aromatic N) is 7. The summed E-state index contributed by atoms with van der Waals surface area (Å²) in [7, 11) is -6.01. The van der Waals surface area contributed by atoms with Gasteiger partial charge < -0.3 is 59.7 Å². The molecule has 454 valence electrons. The fraction of sp³-hybridized carbons (Fsp3) is 0.462.